The molecule has 0 aliphatic carbocycles. The van der Waals surface area contributed by atoms with Gasteiger partial charge in [0.25, 0.3) is 0 Å². The lowest BCUT2D eigenvalue weighted by atomic mass is 10.3. The molecule has 0 unspecified atom stereocenters. The first kappa shape index (κ1) is 7.22. The van der Waals surface area contributed by atoms with Crippen LogP contribution in [-0.2, 0) is 0 Å². The lowest BCUT2D eigenvalue weighted by Crippen LogP contribution is -2.00. The number of aromatic nitrogens is 1. The van der Waals surface area contributed by atoms with Crippen molar-refractivity contribution in [1.29, 1.82) is 0 Å². The lowest BCUT2D eigenvalue weighted by Gasteiger charge is -1.91. The summed E-state index contributed by atoms with van der Waals surface area (Å²) in [6, 6.07) is 0. The molecule has 1 aromatic heterocycles. The quantitative estimate of drug-likeness (QED) is 0.648. The fourth-order valence-electron chi connectivity index (χ4n) is 0.608. The molecule has 0 radical (unpaired) electrons. The van der Waals surface area contributed by atoms with Crippen molar-refractivity contribution in [2.45, 2.75) is 0 Å². The van der Waals surface area contributed by atoms with Crippen LogP contribution in [0.1, 0.15) is 5.01 Å². The third-order valence-electron chi connectivity index (χ3n) is 1.11. The topological polar surface area (TPSA) is 38.9 Å². The molecule has 0 saturated heterocycles. The molecule has 52 valence electrons. The molecule has 0 aromatic carbocycles. The number of hydrogen-bond acceptors (Lipinski definition) is 3. The average molecular weight is 152 g/mol. The molecule has 0 amide bonds. The average Bonchev–Trinajstić information content (AvgIpc) is 2.43. The maximum absolute atomic E-state index is 5.40. The number of rotatable bonds is 2. The molecular formula is C7H8N2S. The van der Waals surface area contributed by atoms with Gasteiger partial charge in [0, 0.05) is 23.7 Å². The van der Waals surface area contributed by atoms with E-state index in [1.54, 1.807) is 17.5 Å². The van der Waals surface area contributed by atoms with Crippen LogP contribution in [0.4, 0.5) is 0 Å². The van der Waals surface area contributed by atoms with Gasteiger partial charge in [0.05, 0.1) is 0 Å². The van der Waals surface area contributed by atoms with E-state index in [0.29, 0.717) is 6.54 Å². The van der Waals surface area contributed by atoms with Crippen molar-refractivity contribution in [3.8, 4) is 0 Å². The zero-order chi connectivity index (χ0) is 7.40. The molecule has 10 heavy (non-hydrogen) atoms. The Balaban J connectivity index is 2.96. The molecule has 0 fully saturated rings. The Morgan fingerprint density at radius 1 is 1.90 bits per heavy atom. The number of nitrogens with two attached hydrogens (primary N) is 1. The lowest BCUT2D eigenvalue weighted by molar-refractivity contribution is 1.24. The van der Waals surface area contributed by atoms with Crippen molar-refractivity contribution in [3.05, 3.63) is 28.9 Å². The second-order valence-corrected chi connectivity index (χ2v) is 2.59. The van der Waals surface area contributed by atoms with Crippen LogP contribution in [0, 0.1) is 0 Å². The molecule has 2 N–H and O–H groups in total. The summed E-state index contributed by atoms with van der Waals surface area (Å²) < 4.78 is 0. The highest BCUT2D eigenvalue weighted by molar-refractivity contribution is 7.10. The van der Waals surface area contributed by atoms with Gasteiger partial charge in [-0.25, -0.2) is 4.98 Å². The van der Waals surface area contributed by atoms with Gasteiger partial charge in [0.2, 0.25) is 0 Å². The zero-order valence-corrected chi connectivity index (χ0v) is 6.32. The highest BCUT2D eigenvalue weighted by Gasteiger charge is 1.98. The fourth-order valence-corrected chi connectivity index (χ4v) is 1.28. The molecule has 0 aliphatic rings. The highest BCUT2D eigenvalue weighted by Crippen LogP contribution is 2.13. The van der Waals surface area contributed by atoms with Crippen LogP contribution in [0.3, 0.4) is 0 Å². The second-order valence-electron chi connectivity index (χ2n) is 1.70. The Morgan fingerprint density at radius 3 is 3.10 bits per heavy atom. The van der Waals surface area contributed by atoms with Crippen LogP contribution in [-0.4, -0.2) is 11.5 Å². The van der Waals surface area contributed by atoms with Crippen molar-refractivity contribution in [2.24, 2.45) is 5.73 Å². The van der Waals surface area contributed by atoms with E-state index >= 15 is 0 Å². The molecule has 0 aliphatic heterocycles. The predicted molar refractivity (Wildman–Crippen MR) is 43.7 cm³/mol. The molecule has 3 heteroatoms. The van der Waals surface area contributed by atoms with Gasteiger partial charge in [-0.1, -0.05) is 6.58 Å². The molecular weight excluding hydrogens is 144 g/mol. The predicted octanol–water partition coefficient (Wildman–Crippen LogP) is 1.27. The summed E-state index contributed by atoms with van der Waals surface area (Å²) in [5, 5.41) is 2.82. The van der Waals surface area contributed by atoms with E-state index in [9.17, 15) is 0 Å². The molecule has 2 nitrogen and oxygen atoms in total. The van der Waals surface area contributed by atoms with Gasteiger partial charge in [-0.15, -0.1) is 17.1 Å². The third kappa shape index (κ3) is 1.33. The first-order valence-electron chi connectivity index (χ1n) is 2.87. The Hall–Kier alpha value is -0.890. The van der Waals surface area contributed by atoms with Gasteiger partial charge in [-0.3, -0.25) is 0 Å². The Kier molecular flexibility index (Phi) is 2.40. The molecule has 1 rings (SSSR count). The van der Waals surface area contributed by atoms with E-state index in [4.69, 9.17) is 5.73 Å². The third-order valence-corrected chi connectivity index (χ3v) is 1.94. The fraction of sp³-hybridized carbons (Fsp3) is 0.143. The first-order valence-corrected chi connectivity index (χ1v) is 3.75. The van der Waals surface area contributed by atoms with Gasteiger partial charge < -0.3 is 5.73 Å². The summed E-state index contributed by atoms with van der Waals surface area (Å²) in [5.41, 5.74) is 9.03. The standard InChI is InChI=1S/C7H8N2S/c1-2-6(5-8)7-9-3-4-10-7/h3-4H,1,5,8H2. The van der Waals surface area contributed by atoms with Crippen LogP contribution in [0.25, 0.3) is 5.57 Å². The van der Waals surface area contributed by atoms with Gasteiger partial charge in [-0.2, -0.15) is 0 Å². The summed E-state index contributed by atoms with van der Waals surface area (Å²) in [7, 11) is 0. The molecule has 0 atom stereocenters. The summed E-state index contributed by atoms with van der Waals surface area (Å²) >= 11 is 1.55. The smallest absolute Gasteiger partial charge is 0.128 e. The summed E-state index contributed by atoms with van der Waals surface area (Å²) in [6.45, 7) is 3.97. The van der Waals surface area contributed by atoms with E-state index in [1.165, 1.54) is 0 Å². The van der Waals surface area contributed by atoms with E-state index in [2.05, 4.69) is 17.3 Å². The van der Waals surface area contributed by atoms with E-state index in [0.717, 1.165) is 10.6 Å². The number of hydrogen-bond donors (Lipinski definition) is 1. The number of thiazole rings is 1. The monoisotopic (exact) mass is 152 g/mol. The zero-order valence-electron chi connectivity index (χ0n) is 5.50. The van der Waals surface area contributed by atoms with Crippen molar-refractivity contribution < 1.29 is 0 Å². The second kappa shape index (κ2) is 3.32. The van der Waals surface area contributed by atoms with Crippen LogP contribution < -0.4 is 5.73 Å². The maximum Gasteiger partial charge on any atom is 0.128 e. The van der Waals surface area contributed by atoms with E-state index in [1.807, 2.05) is 5.38 Å². The minimum atomic E-state index is 0.455. The number of nitrogens with zero attached hydrogens (tertiary/aromatic N) is 1. The summed E-state index contributed by atoms with van der Waals surface area (Å²) in [5.74, 6) is 0. The van der Waals surface area contributed by atoms with Crippen LogP contribution in [0.5, 0.6) is 0 Å². The van der Waals surface area contributed by atoms with Gasteiger partial charge >= 0.3 is 0 Å². The van der Waals surface area contributed by atoms with Gasteiger partial charge in [0.15, 0.2) is 0 Å². The molecule has 0 spiro atoms. The molecule has 0 saturated carbocycles. The van der Waals surface area contributed by atoms with Crippen molar-refractivity contribution in [1.82, 2.24) is 4.98 Å². The van der Waals surface area contributed by atoms with Gasteiger partial charge in [-0.05, 0) is 0 Å². The first-order chi connectivity index (χ1) is 4.88. The van der Waals surface area contributed by atoms with Crippen molar-refractivity contribution >= 4 is 16.9 Å². The van der Waals surface area contributed by atoms with Crippen LogP contribution in [0.15, 0.2) is 23.9 Å². The Morgan fingerprint density at radius 2 is 2.70 bits per heavy atom. The minimum absolute atomic E-state index is 0.455. The molecule has 0 bridgehead atoms. The van der Waals surface area contributed by atoms with Crippen molar-refractivity contribution in [3.63, 3.8) is 0 Å². The maximum atomic E-state index is 5.40. The normalized spacial score (nSPS) is 8.90. The summed E-state index contributed by atoms with van der Waals surface area (Å²) in [6.07, 6.45) is 1.74. The van der Waals surface area contributed by atoms with E-state index in [-0.39, 0.29) is 0 Å². The van der Waals surface area contributed by atoms with Crippen molar-refractivity contribution in [2.75, 3.05) is 6.54 Å². The Labute approximate surface area is 63.7 Å². The highest BCUT2D eigenvalue weighted by atomic mass is 32.1. The minimum Gasteiger partial charge on any atom is -0.326 e. The largest absolute Gasteiger partial charge is 0.326 e. The van der Waals surface area contributed by atoms with Crippen LogP contribution in [0.2, 0.25) is 0 Å². The summed E-state index contributed by atoms with van der Waals surface area (Å²) in [4.78, 5) is 4.06. The Bertz CT molecular complexity index is 245. The molecule has 1 heterocycles. The molecule has 1 aromatic rings. The van der Waals surface area contributed by atoms with Crippen LogP contribution >= 0.6 is 11.3 Å². The van der Waals surface area contributed by atoms with E-state index < -0.39 is 0 Å². The SMILES string of the molecule is C=C=C(CN)c1nccs1. The van der Waals surface area contributed by atoms with Gasteiger partial charge in [0.1, 0.15) is 5.01 Å².